The lowest BCUT2D eigenvalue weighted by Crippen LogP contribution is -2.38. The van der Waals surface area contributed by atoms with E-state index >= 15 is 0 Å². The molecule has 138 valence electrons. The summed E-state index contributed by atoms with van der Waals surface area (Å²) < 4.78 is 11.1. The number of ether oxygens (including phenoxy) is 2. The van der Waals surface area contributed by atoms with Crippen molar-refractivity contribution in [3.05, 3.63) is 23.8 Å². The van der Waals surface area contributed by atoms with Crippen molar-refractivity contribution in [2.24, 2.45) is 5.92 Å². The molecule has 0 aromatic heterocycles. The van der Waals surface area contributed by atoms with Gasteiger partial charge in [-0.15, -0.1) is 0 Å². The number of hydrogen-bond acceptors (Lipinski definition) is 5. The number of hydrogen-bond donors (Lipinski definition) is 3. The van der Waals surface area contributed by atoms with E-state index < -0.39 is 11.7 Å². The molecule has 1 aromatic rings. The number of aliphatic hydroxyl groups is 1. The highest BCUT2D eigenvalue weighted by Gasteiger charge is 2.29. The maximum atomic E-state index is 11.7. The fourth-order valence-electron chi connectivity index (χ4n) is 2.93. The van der Waals surface area contributed by atoms with E-state index in [2.05, 4.69) is 16.7 Å². The average Bonchev–Trinajstić information content (AvgIpc) is 3.29. The summed E-state index contributed by atoms with van der Waals surface area (Å²) in [5.74, 6) is 1.32. The first-order valence-electron chi connectivity index (χ1n) is 8.98. The number of carbonyl (C=O) groups is 1. The predicted octanol–water partition coefficient (Wildman–Crippen LogP) is 2.70. The van der Waals surface area contributed by atoms with Gasteiger partial charge in [-0.05, 0) is 63.3 Å². The molecular weight excluding hydrogens is 320 g/mol. The van der Waals surface area contributed by atoms with E-state index in [0.717, 1.165) is 36.3 Å². The molecule has 1 amide bonds. The molecule has 0 radical (unpaired) electrons. The second-order valence-corrected chi connectivity index (χ2v) is 7.93. The Morgan fingerprint density at radius 3 is 2.84 bits per heavy atom. The summed E-state index contributed by atoms with van der Waals surface area (Å²) in [6.45, 7) is 6.50. The van der Waals surface area contributed by atoms with Crippen molar-refractivity contribution >= 4 is 11.8 Å². The summed E-state index contributed by atoms with van der Waals surface area (Å²) in [6.07, 6.45) is 2.22. The lowest BCUT2D eigenvalue weighted by molar-refractivity contribution is 0.0506. The van der Waals surface area contributed by atoms with Gasteiger partial charge < -0.3 is 25.2 Å². The van der Waals surface area contributed by atoms with Gasteiger partial charge in [-0.25, -0.2) is 4.79 Å². The molecule has 1 fully saturated rings. The molecular formula is C19H28N2O4. The maximum absolute atomic E-state index is 11.7. The topological polar surface area (TPSA) is 79.8 Å². The van der Waals surface area contributed by atoms with Gasteiger partial charge in [-0.3, -0.25) is 0 Å². The molecule has 1 aromatic carbocycles. The summed E-state index contributed by atoms with van der Waals surface area (Å²) in [5, 5.41) is 16.0. The molecule has 0 bridgehead atoms. The Morgan fingerprint density at radius 2 is 2.16 bits per heavy atom. The number of fused-ring (bicyclic) bond motifs is 1. The standard InChI is InChI=1S/C19H28N2O4/c1-19(2,3)25-18(23)21-10-15-9-13-8-14(6-7-17(13)24-15)20-11-16(22)12-4-5-12/h6-8,12,15-16,20,22H,4-5,9-11H2,1-3H3,(H,21,23). The molecule has 2 aliphatic rings. The minimum atomic E-state index is -0.505. The van der Waals surface area contributed by atoms with Crippen LogP contribution in [0.15, 0.2) is 18.2 Å². The lowest BCUT2D eigenvalue weighted by Gasteiger charge is -2.20. The second-order valence-electron chi connectivity index (χ2n) is 7.93. The highest BCUT2D eigenvalue weighted by molar-refractivity contribution is 5.67. The van der Waals surface area contributed by atoms with Crippen LogP contribution < -0.4 is 15.4 Å². The molecule has 2 unspecified atom stereocenters. The molecule has 0 spiro atoms. The molecule has 0 saturated heterocycles. The van der Waals surface area contributed by atoms with Gasteiger partial charge in [-0.1, -0.05) is 0 Å². The van der Waals surface area contributed by atoms with Gasteiger partial charge in [0.2, 0.25) is 0 Å². The van der Waals surface area contributed by atoms with Crippen molar-refractivity contribution in [3.8, 4) is 5.75 Å². The molecule has 3 rings (SSSR count). The summed E-state index contributed by atoms with van der Waals surface area (Å²) in [7, 11) is 0. The molecule has 6 heteroatoms. The molecule has 2 atom stereocenters. The summed E-state index contributed by atoms with van der Waals surface area (Å²) in [6, 6.07) is 5.96. The molecule has 25 heavy (non-hydrogen) atoms. The monoisotopic (exact) mass is 348 g/mol. The SMILES string of the molecule is CC(C)(C)OC(=O)NCC1Cc2cc(NCC(O)C3CC3)ccc2O1. The second kappa shape index (κ2) is 7.12. The van der Waals surface area contributed by atoms with Gasteiger partial charge in [0.1, 0.15) is 17.5 Å². The smallest absolute Gasteiger partial charge is 0.407 e. The summed E-state index contributed by atoms with van der Waals surface area (Å²) in [4.78, 5) is 11.7. The number of aliphatic hydroxyl groups excluding tert-OH is 1. The molecule has 1 heterocycles. The molecule has 1 saturated carbocycles. The summed E-state index contributed by atoms with van der Waals surface area (Å²) >= 11 is 0. The normalized spacial score (nSPS) is 20.4. The van der Waals surface area contributed by atoms with Crippen LogP contribution in [0.25, 0.3) is 0 Å². The van der Waals surface area contributed by atoms with E-state index in [4.69, 9.17) is 9.47 Å². The van der Waals surface area contributed by atoms with E-state index in [-0.39, 0.29) is 12.2 Å². The van der Waals surface area contributed by atoms with Gasteiger partial charge in [0, 0.05) is 18.7 Å². The van der Waals surface area contributed by atoms with E-state index in [1.807, 2.05) is 32.9 Å². The van der Waals surface area contributed by atoms with Gasteiger partial charge in [0.25, 0.3) is 0 Å². The number of nitrogens with one attached hydrogen (secondary N) is 2. The average molecular weight is 348 g/mol. The third kappa shape index (κ3) is 5.26. The van der Waals surface area contributed by atoms with Crippen molar-refractivity contribution in [3.63, 3.8) is 0 Å². The zero-order chi connectivity index (χ0) is 18.0. The fourth-order valence-corrected chi connectivity index (χ4v) is 2.93. The quantitative estimate of drug-likeness (QED) is 0.737. The van der Waals surface area contributed by atoms with Crippen molar-refractivity contribution in [1.29, 1.82) is 0 Å². The Balaban J connectivity index is 1.46. The van der Waals surface area contributed by atoms with Crippen LogP contribution in [-0.4, -0.2) is 42.1 Å². The number of rotatable bonds is 6. The minimum absolute atomic E-state index is 0.0881. The van der Waals surface area contributed by atoms with Gasteiger partial charge >= 0.3 is 6.09 Å². The third-order valence-electron chi connectivity index (χ3n) is 4.36. The number of amides is 1. The maximum Gasteiger partial charge on any atom is 0.407 e. The van der Waals surface area contributed by atoms with E-state index in [1.54, 1.807) is 0 Å². The number of benzene rings is 1. The van der Waals surface area contributed by atoms with Crippen LogP contribution in [-0.2, 0) is 11.2 Å². The first-order chi connectivity index (χ1) is 11.8. The van der Waals surface area contributed by atoms with Crippen LogP contribution in [0.1, 0.15) is 39.2 Å². The minimum Gasteiger partial charge on any atom is -0.488 e. The van der Waals surface area contributed by atoms with Crippen LogP contribution >= 0.6 is 0 Å². The predicted molar refractivity (Wildman–Crippen MR) is 96.0 cm³/mol. The lowest BCUT2D eigenvalue weighted by atomic mass is 10.1. The first-order valence-corrected chi connectivity index (χ1v) is 8.98. The Kier molecular flexibility index (Phi) is 5.08. The highest BCUT2D eigenvalue weighted by Crippen LogP contribution is 2.33. The van der Waals surface area contributed by atoms with Gasteiger partial charge in [0.15, 0.2) is 0 Å². The number of carbonyl (C=O) groups excluding carboxylic acids is 1. The van der Waals surface area contributed by atoms with E-state index in [0.29, 0.717) is 19.0 Å². The van der Waals surface area contributed by atoms with Crippen LogP contribution in [0, 0.1) is 5.92 Å². The third-order valence-corrected chi connectivity index (χ3v) is 4.36. The molecule has 1 aliphatic heterocycles. The van der Waals surface area contributed by atoms with Gasteiger partial charge in [0.05, 0.1) is 12.6 Å². The van der Waals surface area contributed by atoms with Gasteiger partial charge in [-0.2, -0.15) is 0 Å². The Bertz CT molecular complexity index is 622. The number of alkyl carbamates (subject to hydrolysis) is 1. The van der Waals surface area contributed by atoms with Crippen molar-refractivity contribution < 1.29 is 19.4 Å². The van der Waals surface area contributed by atoms with Crippen LogP contribution in [0.2, 0.25) is 0 Å². The van der Waals surface area contributed by atoms with Crippen molar-refractivity contribution in [2.75, 3.05) is 18.4 Å². The Morgan fingerprint density at radius 1 is 1.40 bits per heavy atom. The number of anilines is 1. The molecule has 1 aliphatic carbocycles. The Labute approximate surface area is 148 Å². The zero-order valence-corrected chi connectivity index (χ0v) is 15.2. The molecule has 6 nitrogen and oxygen atoms in total. The van der Waals surface area contributed by atoms with E-state index in [1.165, 1.54) is 0 Å². The molecule has 3 N–H and O–H groups in total. The van der Waals surface area contributed by atoms with Crippen LogP contribution in [0.3, 0.4) is 0 Å². The Hall–Kier alpha value is -1.95. The summed E-state index contributed by atoms with van der Waals surface area (Å²) in [5.41, 5.74) is 1.60. The van der Waals surface area contributed by atoms with Crippen molar-refractivity contribution in [2.45, 2.75) is 57.8 Å². The van der Waals surface area contributed by atoms with Crippen LogP contribution in [0.4, 0.5) is 10.5 Å². The van der Waals surface area contributed by atoms with Crippen LogP contribution in [0.5, 0.6) is 5.75 Å². The largest absolute Gasteiger partial charge is 0.488 e. The zero-order valence-electron chi connectivity index (χ0n) is 15.2. The van der Waals surface area contributed by atoms with E-state index in [9.17, 15) is 9.90 Å². The fraction of sp³-hybridized carbons (Fsp3) is 0.632. The highest BCUT2D eigenvalue weighted by atomic mass is 16.6. The van der Waals surface area contributed by atoms with Crippen molar-refractivity contribution in [1.82, 2.24) is 5.32 Å². The first kappa shape index (κ1) is 17.9.